The van der Waals surface area contributed by atoms with Crippen molar-refractivity contribution in [3.63, 3.8) is 0 Å². The largest absolute Gasteiger partial charge is 0.352 e. The molecule has 1 saturated carbocycles. The molecular formula is C26H48O4. The fraction of sp³-hybridized carbons (Fsp3) is 1.00. The molecule has 3 aliphatic rings. The van der Waals surface area contributed by atoms with E-state index >= 15 is 0 Å². The molecule has 0 spiro atoms. The quantitative estimate of drug-likeness (QED) is 0.326. The van der Waals surface area contributed by atoms with Crippen molar-refractivity contribution >= 4 is 0 Å². The topological polar surface area (TPSA) is 36.9 Å². The van der Waals surface area contributed by atoms with Crippen LogP contribution in [0.25, 0.3) is 0 Å². The highest BCUT2D eigenvalue weighted by molar-refractivity contribution is 4.77. The van der Waals surface area contributed by atoms with E-state index in [9.17, 15) is 0 Å². The van der Waals surface area contributed by atoms with Gasteiger partial charge in [0.15, 0.2) is 12.6 Å². The summed E-state index contributed by atoms with van der Waals surface area (Å²) in [5, 5.41) is 0. The molecule has 30 heavy (non-hydrogen) atoms. The first-order valence-electron chi connectivity index (χ1n) is 13.2. The van der Waals surface area contributed by atoms with Crippen LogP contribution in [0.3, 0.4) is 0 Å². The van der Waals surface area contributed by atoms with Gasteiger partial charge in [0.2, 0.25) is 0 Å². The van der Waals surface area contributed by atoms with Crippen LogP contribution in [0, 0.1) is 23.7 Å². The van der Waals surface area contributed by atoms with Crippen molar-refractivity contribution < 1.29 is 18.9 Å². The van der Waals surface area contributed by atoms with Gasteiger partial charge in [-0.2, -0.15) is 0 Å². The van der Waals surface area contributed by atoms with Gasteiger partial charge in [0.1, 0.15) is 0 Å². The molecule has 0 atom stereocenters. The fourth-order valence-corrected chi connectivity index (χ4v) is 5.40. The highest BCUT2D eigenvalue weighted by atomic mass is 16.7. The third kappa shape index (κ3) is 8.41. The third-order valence-electron chi connectivity index (χ3n) is 7.55. The Balaban J connectivity index is 1.23. The van der Waals surface area contributed by atoms with Gasteiger partial charge < -0.3 is 18.9 Å². The van der Waals surface area contributed by atoms with Crippen LogP contribution in [0.15, 0.2) is 0 Å². The molecule has 0 radical (unpaired) electrons. The van der Waals surface area contributed by atoms with Gasteiger partial charge in [-0.1, -0.05) is 58.8 Å². The molecule has 4 heteroatoms. The van der Waals surface area contributed by atoms with Gasteiger partial charge in [0.25, 0.3) is 0 Å². The molecule has 0 amide bonds. The smallest absolute Gasteiger partial charge is 0.160 e. The Hall–Kier alpha value is -0.160. The monoisotopic (exact) mass is 424 g/mol. The number of ether oxygens (including phenoxy) is 4. The summed E-state index contributed by atoms with van der Waals surface area (Å²) in [5.41, 5.74) is 0. The third-order valence-corrected chi connectivity index (χ3v) is 7.55. The van der Waals surface area contributed by atoms with E-state index in [1.165, 1.54) is 77.0 Å². The van der Waals surface area contributed by atoms with Gasteiger partial charge in [-0.05, 0) is 50.9 Å². The zero-order valence-corrected chi connectivity index (χ0v) is 19.8. The minimum Gasteiger partial charge on any atom is -0.352 e. The second-order valence-electron chi connectivity index (χ2n) is 10.2. The summed E-state index contributed by atoms with van der Waals surface area (Å²) in [6.07, 6.45) is 18.1. The Bertz CT molecular complexity index is 419. The molecule has 3 fully saturated rings. The van der Waals surface area contributed by atoms with Crippen molar-refractivity contribution in [2.45, 2.75) is 116 Å². The van der Waals surface area contributed by atoms with E-state index < -0.39 is 0 Å². The Morgan fingerprint density at radius 3 is 1.67 bits per heavy atom. The van der Waals surface area contributed by atoms with E-state index in [2.05, 4.69) is 13.8 Å². The Morgan fingerprint density at radius 1 is 0.533 bits per heavy atom. The van der Waals surface area contributed by atoms with Crippen molar-refractivity contribution in [2.75, 3.05) is 26.4 Å². The maximum Gasteiger partial charge on any atom is 0.160 e. The predicted octanol–water partition coefficient (Wildman–Crippen LogP) is 6.71. The second-order valence-corrected chi connectivity index (χ2v) is 10.2. The molecule has 2 saturated heterocycles. The van der Waals surface area contributed by atoms with E-state index in [1.807, 2.05) is 0 Å². The summed E-state index contributed by atoms with van der Waals surface area (Å²) in [6, 6.07) is 0. The molecule has 3 rings (SSSR count). The lowest BCUT2D eigenvalue weighted by Crippen LogP contribution is -2.39. The molecule has 0 N–H and O–H groups in total. The van der Waals surface area contributed by atoms with E-state index in [0.717, 1.165) is 45.2 Å². The summed E-state index contributed by atoms with van der Waals surface area (Å²) in [6.45, 7) is 7.97. The van der Waals surface area contributed by atoms with Crippen molar-refractivity contribution in [3.05, 3.63) is 0 Å². The first-order valence-corrected chi connectivity index (χ1v) is 13.2. The van der Waals surface area contributed by atoms with Gasteiger partial charge >= 0.3 is 0 Å². The molecule has 0 bridgehead atoms. The Kier molecular flexibility index (Phi) is 11.5. The van der Waals surface area contributed by atoms with E-state index in [1.54, 1.807) is 0 Å². The number of hydrogen-bond donors (Lipinski definition) is 0. The second kappa shape index (κ2) is 14.1. The maximum atomic E-state index is 6.17. The van der Waals surface area contributed by atoms with Crippen LogP contribution in [-0.2, 0) is 18.9 Å². The average molecular weight is 425 g/mol. The van der Waals surface area contributed by atoms with Crippen molar-refractivity contribution in [2.24, 2.45) is 23.7 Å². The summed E-state index contributed by atoms with van der Waals surface area (Å²) in [4.78, 5) is 0. The Morgan fingerprint density at radius 2 is 1.07 bits per heavy atom. The lowest BCUT2D eigenvalue weighted by atomic mass is 9.79. The maximum absolute atomic E-state index is 6.17. The van der Waals surface area contributed by atoms with Crippen molar-refractivity contribution in [3.8, 4) is 0 Å². The van der Waals surface area contributed by atoms with Gasteiger partial charge in [-0.3, -0.25) is 0 Å². The van der Waals surface area contributed by atoms with E-state index in [0.29, 0.717) is 17.8 Å². The lowest BCUT2D eigenvalue weighted by Gasteiger charge is -2.38. The van der Waals surface area contributed by atoms with Gasteiger partial charge in [-0.15, -0.1) is 0 Å². The normalized spacial score (nSPS) is 35.4. The van der Waals surface area contributed by atoms with Crippen molar-refractivity contribution in [1.29, 1.82) is 0 Å². The molecule has 176 valence electrons. The van der Waals surface area contributed by atoms with Crippen LogP contribution in [0.4, 0.5) is 0 Å². The average Bonchev–Trinajstić information content (AvgIpc) is 2.80. The summed E-state index contributed by atoms with van der Waals surface area (Å²) >= 11 is 0. The van der Waals surface area contributed by atoms with Gasteiger partial charge in [0, 0.05) is 17.8 Å². The molecule has 0 aromatic heterocycles. The first kappa shape index (κ1) is 24.5. The van der Waals surface area contributed by atoms with Gasteiger partial charge in [-0.25, -0.2) is 0 Å². The molecule has 1 aliphatic carbocycles. The zero-order valence-electron chi connectivity index (χ0n) is 19.8. The summed E-state index contributed by atoms with van der Waals surface area (Å²) in [5.74, 6) is 2.65. The number of hydrogen-bond acceptors (Lipinski definition) is 4. The zero-order chi connectivity index (χ0) is 21.0. The lowest BCUT2D eigenvalue weighted by molar-refractivity contribution is -0.236. The van der Waals surface area contributed by atoms with Crippen LogP contribution in [0.1, 0.15) is 104 Å². The minimum atomic E-state index is -0.0202. The van der Waals surface area contributed by atoms with E-state index in [4.69, 9.17) is 18.9 Å². The van der Waals surface area contributed by atoms with Crippen LogP contribution in [0.2, 0.25) is 0 Å². The minimum absolute atomic E-state index is 0.0202. The molecule has 2 heterocycles. The molecule has 0 aromatic rings. The Labute approximate surface area is 185 Å². The van der Waals surface area contributed by atoms with Crippen LogP contribution in [0.5, 0.6) is 0 Å². The number of rotatable bonds is 12. The highest BCUT2D eigenvalue weighted by Gasteiger charge is 2.33. The van der Waals surface area contributed by atoms with Crippen molar-refractivity contribution in [1.82, 2.24) is 0 Å². The first-order chi connectivity index (χ1) is 14.8. The summed E-state index contributed by atoms with van der Waals surface area (Å²) < 4.78 is 24.3. The fourth-order valence-electron chi connectivity index (χ4n) is 5.40. The van der Waals surface area contributed by atoms with Crippen LogP contribution >= 0.6 is 0 Å². The number of unbranched alkanes of at least 4 members (excludes halogenated alkanes) is 4. The highest BCUT2D eigenvalue weighted by Crippen LogP contribution is 2.36. The molecule has 4 nitrogen and oxygen atoms in total. The van der Waals surface area contributed by atoms with E-state index in [-0.39, 0.29) is 12.6 Å². The molecular weight excluding hydrogens is 376 g/mol. The molecule has 0 unspecified atom stereocenters. The summed E-state index contributed by atoms with van der Waals surface area (Å²) in [7, 11) is 0. The standard InChI is InChI=1S/C26H48O4/c1-3-5-7-9-21-11-14-24(15-12-21)26-29-19-23(20-30-26)13-16-25-27-17-22(18-28-25)10-8-6-4-2/h21-26H,3-20H2,1-2H3/t21?,22-,23-,24?,25-,26-. The molecule has 2 aliphatic heterocycles. The van der Waals surface area contributed by atoms with Crippen LogP contribution in [-0.4, -0.2) is 39.0 Å². The SMILES string of the molecule is CCCCCC1CCC([C@H]2OC[C@H](CC[C@H]3OC[C@H](CCCCC)CO3)CO2)CC1. The molecule has 0 aromatic carbocycles. The predicted molar refractivity (Wildman–Crippen MR) is 121 cm³/mol. The van der Waals surface area contributed by atoms with Gasteiger partial charge in [0.05, 0.1) is 26.4 Å². The van der Waals surface area contributed by atoms with Crippen LogP contribution < -0.4 is 0 Å².